The van der Waals surface area contributed by atoms with Crippen LogP contribution in [0.4, 0.5) is 0 Å². The molecule has 4 heteroatoms. The van der Waals surface area contributed by atoms with Gasteiger partial charge in [-0.05, 0) is 6.92 Å². The molecule has 0 unspecified atom stereocenters. The molecule has 0 saturated carbocycles. The van der Waals surface area contributed by atoms with Gasteiger partial charge in [0.25, 0.3) is 0 Å². The van der Waals surface area contributed by atoms with Crippen molar-refractivity contribution < 1.29 is 18.9 Å². The summed E-state index contributed by atoms with van der Waals surface area (Å²) in [4.78, 5) is 0. The van der Waals surface area contributed by atoms with Crippen molar-refractivity contribution in [3.05, 3.63) is 12.2 Å². The van der Waals surface area contributed by atoms with Gasteiger partial charge in [-0.25, -0.2) is 0 Å². The van der Waals surface area contributed by atoms with Gasteiger partial charge in [0.1, 0.15) is 12.2 Å². The maximum atomic E-state index is 5.72. The SMILES string of the molecule is C=C(C)CO[C@H]1C[C@@H](OC)[C@@H]2OC[C@H]1O2. The lowest BCUT2D eigenvalue weighted by molar-refractivity contribution is -0.197. The van der Waals surface area contributed by atoms with E-state index in [1.165, 1.54) is 0 Å². The lowest BCUT2D eigenvalue weighted by atomic mass is 10.0. The first-order chi connectivity index (χ1) is 7.20. The average molecular weight is 214 g/mol. The monoisotopic (exact) mass is 214 g/mol. The molecule has 4 nitrogen and oxygen atoms in total. The molecule has 4 atom stereocenters. The van der Waals surface area contributed by atoms with Crippen molar-refractivity contribution >= 4 is 0 Å². The highest BCUT2D eigenvalue weighted by atomic mass is 16.7. The second kappa shape index (κ2) is 4.61. The van der Waals surface area contributed by atoms with Gasteiger partial charge in [0, 0.05) is 13.5 Å². The summed E-state index contributed by atoms with van der Waals surface area (Å²) in [6.07, 6.45) is 0.730. The highest BCUT2D eigenvalue weighted by Crippen LogP contribution is 2.31. The van der Waals surface area contributed by atoms with Crippen molar-refractivity contribution in [3.8, 4) is 0 Å². The first-order valence-corrected chi connectivity index (χ1v) is 5.26. The Balaban J connectivity index is 1.91. The van der Waals surface area contributed by atoms with Crippen molar-refractivity contribution in [2.75, 3.05) is 20.3 Å². The van der Waals surface area contributed by atoms with Crippen LogP contribution in [0.15, 0.2) is 12.2 Å². The van der Waals surface area contributed by atoms with Gasteiger partial charge in [-0.15, -0.1) is 0 Å². The van der Waals surface area contributed by atoms with Crippen LogP contribution in [-0.4, -0.2) is 44.9 Å². The zero-order chi connectivity index (χ0) is 10.8. The van der Waals surface area contributed by atoms with E-state index < -0.39 is 0 Å². The van der Waals surface area contributed by atoms with Crippen molar-refractivity contribution in [2.45, 2.75) is 37.9 Å². The second-order valence-corrected chi connectivity index (χ2v) is 4.19. The van der Waals surface area contributed by atoms with Crippen molar-refractivity contribution in [2.24, 2.45) is 0 Å². The van der Waals surface area contributed by atoms with Crippen molar-refractivity contribution in [1.82, 2.24) is 0 Å². The molecule has 2 aliphatic heterocycles. The van der Waals surface area contributed by atoms with Crippen LogP contribution in [0.5, 0.6) is 0 Å². The smallest absolute Gasteiger partial charge is 0.184 e. The Bertz CT molecular complexity index is 241. The minimum Gasteiger partial charge on any atom is -0.376 e. The van der Waals surface area contributed by atoms with Crippen LogP contribution < -0.4 is 0 Å². The molecule has 0 radical (unpaired) electrons. The molecule has 86 valence electrons. The van der Waals surface area contributed by atoms with E-state index in [-0.39, 0.29) is 24.6 Å². The molecule has 2 heterocycles. The molecule has 2 aliphatic rings. The topological polar surface area (TPSA) is 36.9 Å². The van der Waals surface area contributed by atoms with Gasteiger partial charge >= 0.3 is 0 Å². The Hall–Kier alpha value is -0.420. The van der Waals surface area contributed by atoms with Crippen LogP contribution in [0.1, 0.15) is 13.3 Å². The minimum atomic E-state index is -0.204. The highest BCUT2D eigenvalue weighted by Gasteiger charge is 2.44. The second-order valence-electron chi connectivity index (χ2n) is 4.19. The standard InChI is InChI=1S/C11H18O4/c1-7(2)5-13-8-4-9(12-3)11-14-6-10(8)15-11/h8-11H,1,4-6H2,2-3H3/t8-,9+,10+,11+/m0/s1. The summed E-state index contributed by atoms with van der Waals surface area (Å²) >= 11 is 0. The minimum absolute atomic E-state index is 0.0149. The van der Waals surface area contributed by atoms with E-state index in [2.05, 4.69) is 6.58 Å². The lowest BCUT2D eigenvalue weighted by Gasteiger charge is -2.32. The third kappa shape index (κ3) is 2.39. The van der Waals surface area contributed by atoms with Crippen LogP contribution in [0.25, 0.3) is 0 Å². The van der Waals surface area contributed by atoms with Crippen LogP contribution >= 0.6 is 0 Å². The average Bonchev–Trinajstić information content (AvgIpc) is 2.62. The van der Waals surface area contributed by atoms with Gasteiger partial charge < -0.3 is 18.9 Å². The Morgan fingerprint density at radius 1 is 1.47 bits per heavy atom. The maximum Gasteiger partial charge on any atom is 0.184 e. The van der Waals surface area contributed by atoms with E-state index in [1.807, 2.05) is 6.92 Å². The quantitative estimate of drug-likeness (QED) is 0.657. The molecule has 15 heavy (non-hydrogen) atoms. The predicted octanol–water partition coefficient (Wildman–Crippen LogP) is 1.11. The van der Waals surface area contributed by atoms with E-state index in [9.17, 15) is 0 Å². The first-order valence-electron chi connectivity index (χ1n) is 5.26. The summed E-state index contributed by atoms with van der Waals surface area (Å²) in [5.74, 6) is 0. The van der Waals surface area contributed by atoms with Crippen LogP contribution in [0.3, 0.4) is 0 Å². The fourth-order valence-corrected chi connectivity index (χ4v) is 1.95. The number of ether oxygens (including phenoxy) is 4. The van der Waals surface area contributed by atoms with Crippen molar-refractivity contribution in [1.29, 1.82) is 0 Å². The van der Waals surface area contributed by atoms with Crippen LogP contribution in [0, 0.1) is 0 Å². The van der Waals surface area contributed by atoms with Gasteiger partial charge in [-0.3, -0.25) is 0 Å². The first kappa shape index (κ1) is 11.1. The number of fused-ring (bicyclic) bond motifs is 2. The molecule has 0 amide bonds. The summed E-state index contributed by atoms with van der Waals surface area (Å²) in [5.41, 5.74) is 1.02. The van der Waals surface area contributed by atoms with Gasteiger partial charge in [-0.1, -0.05) is 12.2 Å². The molecule has 0 spiro atoms. The Kier molecular flexibility index (Phi) is 3.41. The van der Waals surface area contributed by atoms with Gasteiger partial charge in [0.15, 0.2) is 6.29 Å². The fourth-order valence-electron chi connectivity index (χ4n) is 1.95. The zero-order valence-corrected chi connectivity index (χ0v) is 9.27. The summed E-state index contributed by atoms with van der Waals surface area (Å²) in [6, 6.07) is 0. The molecule has 2 saturated heterocycles. The van der Waals surface area contributed by atoms with Crippen LogP contribution in [-0.2, 0) is 18.9 Å². The summed E-state index contributed by atoms with van der Waals surface area (Å²) in [5, 5.41) is 0. The maximum absolute atomic E-state index is 5.72. The molecule has 2 rings (SSSR count). The highest BCUT2D eigenvalue weighted by molar-refractivity contribution is 4.91. The van der Waals surface area contributed by atoms with Gasteiger partial charge in [0.2, 0.25) is 0 Å². The molecule has 0 aromatic heterocycles. The molecule has 2 fully saturated rings. The summed E-state index contributed by atoms with van der Waals surface area (Å²) < 4.78 is 22.1. The lowest BCUT2D eigenvalue weighted by Crippen LogP contribution is -2.44. The molecule has 0 aliphatic carbocycles. The van der Waals surface area contributed by atoms with Gasteiger partial charge in [-0.2, -0.15) is 0 Å². The van der Waals surface area contributed by atoms with Gasteiger partial charge in [0.05, 0.1) is 19.3 Å². The number of hydrogen-bond acceptors (Lipinski definition) is 4. The van der Waals surface area contributed by atoms with E-state index in [4.69, 9.17) is 18.9 Å². The van der Waals surface area contributed by atoms with E-state index in [1.54, 1.807) is 7.11 Å². The normalized spacial score (nSPS) is 39.3. The third-order valence-corrected chi connectivity index (χ3v) is 2.76. The summed E-state index contributed by atoms with van der Waals surface area (Å²) in [6.45, 7) is 6.94. The third-order valence-electron chi connectivity index (χ3n) is 2.76. The van der Waals surface area contributed by atoms with E-state index in [0.717, 1.165) is 12.0 Å². The Morgan fingerprint density at radius 2 is 2.27 bits per heavy atom. The number of rotatable bonds is 4. The molecular formula is C11H18O4. The number of hydrogen-bond donors (Lipinski definition) is 0. The Morgan fingerprint density at radius 3 is 2.93 bits per heavy atom. The van der Waals surface area contributed by atoms with Crippen LogP contribution in [0.2, 0.25) is 0 Å². The molecule has 0 aromatic carbocycles. The largest absolute Gasteiger partial charge is 0.376 e. The zero-order valence-electron chi connectivity index (χ0n) is 9.27. The van der Waals surface area contributed by atoms with E-state index in [0.29, 0.717) is 13.2 Å². The molecule has 2 bridgehead atoms. The summed E-state index contributed by atoms with van der Waals surface area (Å²) in [7, 11) is 1.67. The predicted molar refractivity (Wildman–Crippen MR) is 54.6 cm³/mol. The van der Waals surface area contributed by atoms with E-state index >= 15 is 0 Å². The van der Waals surface area contributed by atoms with Crippen molar-refractivity contribution in [3.63, 3.8) is 0 Å². The molecule has 0 N–H and O–H groups in total. The Labute approximate surface area is 90.1 Å². The molecule has 0 aromatic rings. The fraction of sp³-hybridized carbons (Fsp3) is 0.818. The molecular weight excluding hydrogens is 196 g/mol. The number of methoxy groups -OCH3 is 1.